The van der Waals surface area contributed by atoms with Crippen molar-refractivity contribution in [2.75, 3.05) is 26.2 Å². The Morgan fingerprint density at radius 3 is 2.50 bits per heavy atom. The predicted octanol–water partition coefficient (Wildman–Crippen LogP) is 5.29. The molecule has 170 valence electrons. The first-order chi connectivity index (χ1) is 15.6. The highest BCUT2D eigenvalue weighted by Crippen LogP contribution is 2.30. The van der Waals surface area contributed by atoms with Gasteiger partial charge in [-0.3, -0.25) is 14.1 Å². The monoisotopic (exact) mass is 450 g/mol. The molecule has 2 fully saturated rings. The second kappa shape index (κ2) is 9.36. The number of hydrogen-bond acceptors (Lipinski definition) is 4. The maximum Gasteiger partial charge on any atom is 0.222 e. The van der Waals surface area contributed by atoms with Crippen molar-refractivity contribution >= 4 is 22.2 Å². The van der Waals surface area contributed by atoms with Crippen LogP contribution in [0.25, 0.3) is 16.2 Å². The zero-order valence-corrected chi connectivity index (χ0v) is 20.2. The van der Waals surface area contributed by atoms with Gasteiger partial charge in [0.15, 0.2) is 4.96 Å². The number of aromatic nitrogens is 2. The number of thiazole rings is 1. The van der Waals surface area contributed by atoms with Crippen LogP contribution in [0.4, 0.5) is 0 Å². The van der Waals surface area contributed by atoms with Gasteiger partial charge in [0, 0.05) is 55.8 Å². The van der Waals surface area contributed by atoms with Crippen molar-refractivity contribution in [2.24, 2.45) is 5.92 Å². The van der Waals surface area contributed by atoms with Crippen LogP contribution in [0.1, 0.15) is 54.7 Å². The minimum Gasteiger partial charge on any atom is -0.340 e. The molecule has 1 aliphatic heterocycles. The molecule has 2 aromatic heterocycles. The molecule has 2 aliphatic rings. The van der Waals surface area contributed by atoms with Gasteiger partial charge in [0.25, 0.3) is 0 Å². The zero-order chi connectivity index (χ0) is 22.1. The number of carbonyl (C=O) groups excluding carboxylic acids is 1. The summed E-state index contributed by atoms with van der Waals surface area (Å²) < 4.78 is 2.27. The van der Waals surface area contributed by atoms with Crippen LogP contribution in [0.15, 0.2) is 30.5 Å². The van der Waals surface area contributed by atoms with E-state index < -0.39 is 0 Å². The van der Waals surface area contributed by atoms with Crippen LogP contribution < -0.4 is 0 Å². The SMILES string of the molecule is Cc1ccc(-c2nc3sc(C)cn3c2CN2CCN(C(=O)CCC3CCCC3)CC2)cc1. The zero-order valence-electron chi connectivity index (χ0n) is 19.3. The lowest BCUT2D eigenvalue weighted by molar-refractivity contribution is -0.133. The molecule has 3 heterocycles. The predicted molar refractivity (Wildman–Crippen MR) is 131 cm³/mol. The van der Waals surface area contributed by atoms with E-state index in [4.69, 9.17) is 4.98 Å². The molecule has 0 unspecified atom stereocenters. The molecule has 1 amide bonds. The Kier molecular flexibility index (Phi) is 6.33. The normalized spacial score (nSPS) is 18.1. The van der Waals surface area contributed by atoms with Gasteiger partial charge < -0.3 is 4.90 Å². The molecule has 1 aliphatic carbocycles. The third-order valence-corrected chi connectivity index (χ3v) is 8.10. The van der Waals surface area contributed by atoms with Gasteiger partial charge in [-0.25, -0.2) is 4.98 Å². The molecule has 6 heteroatoms. The van der Waals surface area contributed by atoms with E-state index in [9.17, 15) is 4.79 Å². The number of aryl methyl sites for hydroxylation is 2. The average molecular weight is 451 g/mol. The van der Waals surface area contributed by atoms with Crippen LogP contribution in [0, 0.1) is 19.8 Å². The number of benzene rings is 1. The number of imidazole rings is 1. The number of rotatable bonds is 6. The summed E-state index contributed by atoms with van der Waals surface area (Å²) in [5.41, 5.74) is 4.79. The standard InChI is InChI=1S/C26H34N4OS/c1-19-7-10-22(11-8-19)25-23(30-17-20(2)32-26(30)27-25)18-28-13-15-29(16-14-28)24(31)12-9-21-5-3-4-6-21/h7-8,10-11,17,21H,3-6,9,12-16,18H2,1-2H3. The molecule has 3 aromatic rings. The second-order valence-corrected chi connectivity index (χ2v) is 10.8. The highest BCUT2D eigenvalue weighted by Gasteiger charge is 2.25. The van der Waals surface area contributed by atoms with E-state index in [1.54, 1.807) is 11.3 Å². The fraction of sp³-hybridized carbons (Fsp3) is 0.538. The van der Waals surface area contributed by atoms with Crippen molar-refractivity contribution in [3.05, 3.63) is 46.6 Å². The summed E-state index contributed by atoms with van der Waals surface area (Å²) in [6, 6.07) is 8.68. The van der Waals surface area contributed by atoms with Gasteiger partial charge >= 0.3 is 0 Å². The van der Waals surface area contributed by atoms with Crippen molar-refractivity contribution in [1.82, 2.24) is 19.2 Å². The summed E-state index contributed by atoms with van der Waals surface area (Å²) in [6.07, 6.45) is 9.40. The Morgan fingerprint density at radius 2 is 1.78 bits per heavy atom. The van der Waals surface area contributed by atoms with Gasteiger partial charge in [-0.1, -0.05) is 55.5 Å². The number of nitrogens with zero attached hydrogens (tertiary/aromatic N) is 4. The fourth-order valence-electron chi connectivity index (χ4n) is 5.25. The molecule has 5 rings (SSSR count). The van der Waals surface area contributed by atoms with Crippen LogP contribution in [0.2, 0.25) is 0 Å². The minimum atomic E-state index is 0.358. The molecule has 0 spiro atoms. The number of carbonyl (C=O) groups is 1. The Balaban J connectivity index is 1.25. The molecule has 1 saturated carbocycles. The molecule has 0 radical (unpaired) electrons. The van der Waals surface area contributed by atoms with Gasteiger partial charge in [-0.2, -0.15) is 0 Å². The maximum atomic E-state index is 12.7. The van der Waals surface area contributed by atoms with E-state index in [1.807, 2.05) is 0 Å². The highest BCUT2D eigenvalue weighted by molar-refractivity contribution is 7.17. The van der Waals surface area contributed by atoms with Gasteiger partial charge in [0.05, 0.1) is 11.4 Å². The lowest BCUT2D eigenvalue weighted by Crippen LogP contribution is -2.48. The molecule has 32 heavy (non-hydrogen) atoms. The summed E-state index contributed by atoms with van der Waals surface area (Å²) in [6.45, 7) is 8.67. The maximum absolute atomic E-state index is 12.7. The number of hydrogen-bond donors (Lipinski definition) is 0. The van der Waals surface area contributed by atoms with E-state index in [2.05, 4.69) is 58.5 Å². The van der Waals surface area contributed by atoms with Crippen LogP contribution in [0.3, 0.4) is 0 Å². The highest BCUT2D eigenvalue weighted by atomic mass is 32.1. The molecule has 1 saturated heterocycles. The molecular formula is C26H34N4OS. The number of piperazine rings is 1. The van der Waals surface area contributed by atoms with E-state index >= 15 is 0 Å². The molecule has 5 nitrogen and oxygen atoms in total. The molecular weight excluding hydrogens is 416 g/mol. The van der Waals surface area contributed by atoms with Crippen LogP contribution in [-0.4, -0.2) is 51.3 Å². The summed E-state index contributed by atoms with van der Waals surface area (Å²) in [7, 11) is 0. The average Bonchev–Trinajstić information content (AvgIpc) is 3.51. The van der Waals surface area contributed by atoms with Crippen molar-refractivity contribution in [2.45, 2.75) is 58.9 Å². The van der Waals surface area contributed by atoms with E-state index in [-0.39, 0.29) is 0 Å². The van der Waals surface area contributed by atoms with Crippen LogP contribution in [-0.2, 0) is 11.3 Å². The Hall–Kier alpha value is -2.18. The molecule has 0 N–H and O–H groups in total. The third kappa shape index (κ3) is 4.62. The van der Waals surface area contributed by atoms with Crippen molar-refractivity contribution in [1.29, 1.82) is 0 Å². The first kappa shape index (κ1) is 21.7. The van der Waals surface area contributed by atoms with Gasteiger partial charge in [-0.15, -0.1) is 11.3 Å². The Bertz CT molecular complexity index is 1070. The van der Waals surface area contributed by atoms with Crippen molar-refractivity contribution < 1.29 is 4.79 Å². The lowest BCUT2D eigenvalue weighted by Gasteiger charge is -2.35. The first-order valence-electron chi connectivity index (χ1n) is 12.1. The van der Waals surface area contributed by atoms with Gasteiger partial charge in [0.2, 0.25) is 5.91 Å². The fourth-order valence-corrected chi connectivity index (χ4v) is 6.09. The van der Waals surface area contributed by atoms with Crippen molar-refractivity contribution in [3.63, 3.8) is 0 Å². The summed E-state index contributed by atoms with van der Waals surface area (Å²) >= 11 is 1.75. The smallest absolute Gasteiger partial charge is 0.222 e. The topological polar surface area (TPSA) is 40.9 Å². The second-order valence-electron chi connectivity index (χ2n) is 9.61. The van der Waals surface area contributed by atoms with Gasteiger partial charge in [0.1, 0.15) is 0 Å². The summed E-state index contributed by atoms with van der Waals surface area (Å²) in [5, 5.41) is 0. The van der Waals surface area contributed by atoms with Crippen LogP contribution in [0.5, 0.6) is 0 Å². The van der Waals surface area contributed by atoms with E-state index in [1.165, 1.54) is 47.4 Å². The van der Waals surface area contributed by atoms with Crippen molar-refractivity contribution in [3.8, 4) is 11.3 Å². The molecule has 0 atom stereocenters. The Morgan fingerprint density at radius 1 is 1.06 bits per heavy atom. The quantitative estimate of drug-likeness (QED) is 0.512. The number of amides is 1. The third-order valence-electron chi connectivity index (χ3n) is 7.21. The largest absolute Gasteiger partial charge is 0.340 e. The summed E-state index contributed by atoms with van der Waals surface area (Å²) in [5.74, 6) is 1.15. The Labute approximate surface area is 195 Å². The van der Waals surface area contributed by atoms with Crippen LogP contribution >= 0.6 is 11.3 Å². The molecule has 1 aromatic carbocycles. The minimum absolute atomic E-state index is 0.358. The summed E-state index contributed by atoms with van der Waals surface area (Å²) in [4.78, 5) is 24.6. The van der Waals surface area contributed by atoms with Gasteiger partial charge in [-0.05, 0) is 26.2 Å². The van der Waals surface area contributed by atoms with E-state index in [0.717, 1.165) is 62.1 Å². The number of fused-ring (bicyclic) bond motifs is 1. The lowest BCUT2D eigenvalue weighted by atomic mass is 10.0. The molecule has 0 bridgehead atoms. The first-order valence-corrected chi connectivity index (χ1v) is 12.9. The van der Waals surface area contributed by atoms with E-state index in [0.29, 0.717) is 5.91 Å².